The van der Waals surface area contributed by atoms with Crippen molar-refractivity contribution in [1.82, 2.24) is 0 Å². The summed E-state index contributed by atoms with van der Waals surface area (Å²) in [7, 11) is 4.90. The minimum Gasteiger partial charge on any atom is -0.508 e. The Bertz CT molecular complexity index is 602. The average Bonchev–Trinajstić information content (AvgIpc) is 2.69. The summed E-state index contributed by atoms with van der Waals surface area (Å²) in [5.41, 5.74) is 0.873. The number of ether oxygens (including phenoxy) is 1. The van der Waals surface area contributed by atoms with Crippen molar-refractivity contribution >= 4 is 17.6 Å². The Hall–Kier alpha value is -2.08. The maximum Gasteiger partial charge on any atom is 0.364 e. The molecule has 2 atom stereocenters. The second-order valence-electron chi connectivity index (χ2n) is 5.90. The maximum absolute atomic E-state index is 12.7. The van der Waals surface area contributed by atoms with Gasteiger partial charge in [0.15, 0.2) is 6.04 Å². The summed E-state index contributed by atoms with van der Waals surface area (Å²) in [5.74, 6) is -0.173. The number of phenols is 1. The van der Waals surface area contributed by atoms with Crippen LogP contribution in [0.15, 0.2) is 18.2 Å². The maximum atomic E-state index is 12.7. The predicted octanol–water partition coefficient (Wildman–Crippen LogP) is 0.141. The van der Waals surface area contributed by atoms with Crippen LogP contribution >= 0.6 is 0 Å². The number of carbonyl (C=O) groups excluding carboxylic acids is 2. The molecule has 1 aliphatic rings. The lowest BCUT2D eigenvalue weighted by Crippen LogP contribution is -2.88. The Kier molecular flexibility index (Phi) is 4.42. The third-order valence-electron chi connectivity index (χ3n) is 4.57. The lowest BCUT2D eigenvalue weighted by atomic mass is 9.78. The molecular weight excluding hydrogens is 284 g/mol. The Morgan fingerprint density at radius 1 is 1.50 bits per heavy atom. The van der Waals surface area contributed by atoms with Crippen molar-refractivity contribution in [1.29, 1.82) is 0 Å². The molecule has 3 N–H and O–H groups in total. The first-order chi connectivity index (χ1) is 10.3. The molecule has 0 aromatic heterocycles. The first-order valence-corrected chi connectivity index (χ1v) is 7.34. The molecule has 1 aromatic carbocycles. The number of hydrogen-bond acceptors (Lipinski definition) is 4. The van der Waals surface area contributed by atoms with Gasteiger partial charge in [-0.15, -0.1) is 0 Å². The molecule has 120 valence electrons. The first-order valence-electron chi connectivity index (χ1n) is 7.34. The minimum absolute atomic E-state index is 0.0205. The largest absolute Gasteiger partial charge is 0.508 e. The molecule has 6 nitrogen and oxygen atoms in total. The summed E-state index contributed by atoms with van der Waals surface area (Å²) in [4.78, 5) is 26.0. The number of rotatable bonds is 5. The molecule has 0 unspecified atom stereocenters. The predicted molar refractivity (Wildman–Crippen MR) is 81.8 cm³/mol. The number of hydrogen-bond donors (Lipinski definition) is 2. The number of benzene rings is 1. The van der Waals surface area contributed by atoms with Gasteiger partial charge in [0.1, 0.15) is 5.75 Å². The Labute approximate surface area is 130 Å². The second kappa shape index (κ2) is 5.96. The molecule has 1 amide bonds. The number of likely N-dealkylation sites (N-methyl/N-ethyl adjacent to an activating group) is 2. The highest BCUT2D eigenvalue weighted by Gasteiger charge is 2.46. The van der Waals surface area contributed by atoms with Crippen LogP contribution in [0.3, 0.4) is 0 Å². The van der Waals surface area contributed by atoms with Crippen LogP contribution in [0, 0.1) is 0 Å². The zero-order chi connectivity index (χ0) is 16.5. The zero-order valence-electron chi connectivity index (χ0n) is 13.4. The normalized spacial score (nSPS) is 21.6. The molecule has 0 saturated heterocycles. The number of amides is 1. The topological polar surface area (TPSA) is 83.5 Å². The SMILES string of the molecule is C[NH2+][C@@H](CC[C@]1(C)C(=O)N(C)c2ccc(O)cc21)C(=O)OC. The fraction of sp³-hybridized carbons (Fsp3) is 0.500. The summed E-state index contributed by atoms with van der Waals surface area (Å²) in [6.45, 7) is 1.86. The molecule has 6 heteroatoms. The summed E-state index contributed by atoms with van der Waals surface area (Å²) in [5, 5.41) is 11.5. The van der Waals surface area contributed by atoms with E-state index < -0.39 is 5.41 Å². The third kappa shape index (κ3) is 2.54. The van der Waals surface area contributed by atoms with Gasteiger partial charge in [0.05, 0.1) is 19.6 Å². The lowest BCUT2D eigenvalue weighted by Gasteiger charge is -2.24. The third-order valence-corrected chi connectivity index (χ3v) is 4.57. The molecule has 1 aromatic rings. The average molecular weight is 307 g/mol. The van der Waals surface area contributed by atoms with Crippen molar-refractivity contribution in [2.24, 2.45) is 0 Å². The van der Waals surface area contributed by atoms with E-state index in [0.29, 0.717) is 12.8 Å². The van der Waals surface area contributed by atoms with Crippen LogP contribution in [-0.4, -0.2) is 44.2 Å². The number of fused-ring (bicyclic) bond motifs is 1. The quantitative estimate of drug-likeness (QED) is 0.758. The van der Waals surface area contributed by atoms with Gasteiger partial charge in [-0.2, -0.15) is 0 Å². The number of nitrogens with two attached hydrogens (primary N) is 1. The van der Waals surface area contributed by atoms with Gasteiger partial charge in [0.25, 0.3) is 0 Å². The highest BCUT2D eigenvalue weighted by molar-refractivity contribution is 6.07. The van der Waals surface area contributed by atoms with E-state index in [1.54, 1.807) is 35.5 Å². The van der Waals surface area contributed by atoms with Crippen molar-refractivity contribution in [3.8, 4) is 5.75 Å². The number of anilines is 1. The summed E-state index contributed by atoms with van der Waals surface area (Å²) < 4.78 is 4.78. The van der Waals surface area contributed by atoms with Crippen molar-refractivity contribution in [2.75, 3.05) is 26.1 Å². The highest BCUT2D eigenvalue weighted by Crippen LogP contribution is 2.45. The molecule has 2 rings (SSSR count). The number of quaternary nitrogens is 1. The Morgan fingerprint density at radius 2 is 2.18 bits per heavy atom. The standard InChI is InChI=1S/C16H22N2O4/c1-16(8-7-12(17-2)14(20)22-4)11-9-10(19)5-6-13(11)18(3)15(16)21/h5-6,9,12,17,19H,7-8H2,1-4H3/p+1/t12-,16-/m0/s1. The fourth-order valence-electron chi connectivity index (χ4n) is 3.11. The number of aromatic hydroxyl groups is 1. The van der Waals surface area contributed by atoms with E-state index in [-0.39, 0.29) is 23.7 Å². The van der Waals surface area contributed by atoms with E-state index in [2.05, 4.69) is 0 Å². The van der Waals surface area contributed by atoms with Gasteiger partial charge >= 0.3 is 5.97 Å². The fourth-order valence-corrected chi connectivity index (χ4v) is 3.11. The Morgan fingerprint density at radius 3 is 2.77 bits per heavy atom. The molecule has 0 radical (unpaired) electrons. The molecule has 0 fully saturated rings. The van der Waals surface area contributed by atoms with Crippen LogP contribution < -0.4 is 10.2 Å². The van der Waals surface area contributed by atoms with E-state index in [1.807, 2.05) is 14.0 Å². The number of carbonyl (C=O) groups is 2. The van der Waals surface area contributed by atoms with E-state index in [0.717, 1.165) is 11.3 Å². The van der Waals surface area contributed by atoms with E-state index in [4.69, 9.17) is 4.74 Å². The number of nitrogens with zero attached hydrogens (tertiary/aromatic N) is 1. The molecule has 0 saturated carbocycles. The van der Waals surface area contributed by atoms with Crippen molar-refractivity contribution in [2.45, 2.75) is 31.2 Å². The van der Waals surface area contributed by atoms with E-state index in [9.17, 15) is 14.7 Å². The monoisotopic (exact) mass is 307 g/mol. The second-order valence-corrected chi connectivity index (χ2v) is 5.90. The van der Waals surface area contributed by atoms with Gasteiger partial charge in [-0.05, 0) is 37.1 Å². The number of phenolic OH excluding ortho intramolecular Hbond substituents is 1. The molecule has 1 heterocycles. The molecule has 0 bridgehead atoms. The van der Waals surface area contributed by atoms with Crippen LogP contribution in [0.25, 0.3) is 0 Å². The lowest BCUT2D eigenvalue weighted by molar-refractivity contribution is -0.652. The molecule has 1 aliphatic heterocycles. The highest BCUT2D eigenvalue weighted by atomic mass is 16.5. The van der Waals surface area contributed by atoms with Gasteiger partial charge in [-0.3, -0.25) is 4.79 Å². The van der Waals surface area contributed by atoms with Gasteiger partial charge in [0.2, 0.25) is 5.91 Å². The van der Waals surface area contributed by atoms with Crippen LogP contribution in [0.1, 0.15) is 25.3 Å². The summed E-state index contributed by atoms with van der Waals surface area (Å²) in [6, 6.07) is 4.63. The van der Waals surface area contributed by atoms with Gasteiger partial charge in [-0.1, -0.05) is 0 Å². The summed E-state index contributed by atoms with van der Waals surface area (Å²) in [6.07, 6.45) is 1.03. The van der Waals surface area contributed by atoms with Gasteiger partial charge in [-0.25, -0.2) is 4.79 Å². The van der Waals surface area contributed by atoms with Crippen molar-refractivity contribution < 1.29 is 24.7 Å². The molecular formula is C16H23N2O4+. The molecule has 22 heavy (non-hydrogen) atoms. The van der Waals surface area contributed by atoms with Crippen LogP contribution in [0.4, 0.5) is 5.69 Å². The van der Waals surface area contributed by atoms with Gasteiger partial charge < -0.3 is 20.1 Å². The van der Waals surface area contributed by atoms with E-state index >= 15 is 0 Å². The summed E-state index contributed by atoms with van der Waals surface area (Å²) >= 11 is 0. The van der Waals surface area contributed by atoms with Crippen molar-refractivity contribution in [3.05, 3.63) is 23.8 Å². The zero-order valence-corrected chi connectivity index (χ0v) is 13.4. The minimum atomic E-state index is -0.738. The Balaban J connectivity index is 2.28. The molecule has 0 aliphatic carbocycles. The van der Waals surface area contributed by atoms with E-state index in [1.165, 1.54) is 7.11 Å². The molecule has 0 spiro atoms. The van der Waals surface area contributed by atoms with Crippen molar-refractivity contribution in [3.63, 3.8) is 0 Å². The number of methoxy groups -OCH3 is 1. The van der Waals surface area contributed by atoms with Gasteiger partial charge in [0, 0.05) is 19.2 Å². The van der Waals surface area contributed by atoms with Crippen LogP contribution in [0.2, 0.25) is 0 Å². The van der Waals surface area contributed by atoms with Crippen LogP contribution in [0.5, 0.6) is 5.75 Å². The van der Waals surface area contributed by atoms with Crippen LogP contribution in [-0.2, 0) is 19.7 Å². The first kappa shape index (κ1) is 16.3. The number of esters is 1. The smallest absolute Gasteiger partial charge is 0.364 e.